The van der Waals surface area contributed by atoms with Crippen LogP contribution in [0.1, 0.15) is 18.5 Å². The molecule has 2 aromatic carbocycles. The summed E-state index contributed by atoms with van der Waals surface area (Å²) in [6, 6.07) is 15.9. The number of amides is 1. The van der Waals surface area contributed by atoms with Crippen LogP contribution in [0.4, 0.5) is 10.1 Å². The summed E-state index contributed by atoms with van der Waals surface area (Å²) in [4.78, 5) is 17.5. The van der Waals surface area contributed by atoms with E-state index in [-0.39, 0.29) is 11.7 Å². The molecule has 2 fully saturated rings. The number of nitrogens with zero attached hydrogens (tertiary/aromatic N) is 3. The predicted molar refractivity (Wildman–Crippen MR) is 113 cm³/mol. The van der Waals surface area contributed by atoms with Gasteiger partial charge in [0.1, 0.15) is 5.82 Å². The Hall–Kier alpha value is -2.86. The van der Waals surface area contributed by atoms with Crippen LogP contribution >= 0.6 is 11.6 Å². The third-order valence-corrected chi connectivity index (χ3v) is 6.31. The van der Waals surface area contributed by atoms with Crippen LogP contribution in [0.2, 0.25) is 5.02 Å². The van der Waals surface area contributed by atoms with E-state index in [0.717, 1.165) is 31.6 Å². The average Bonchev–Trinajstić information content (AvgIpc) is 3.44. The highest BCUT2D eigenvalue weighted by Gasteiger charge is 2.55. The van der Waals surface area contributed by atoms with Gasteiger partial charge in [0, 0.05) is 43.0 Å². The maximum atomic E-state index is 14.1. The van der Waals surface area contributed by atoms with Crippen molar-refractivity contribution in [2.24, 2.45) is 0 Å². The highest BCUT2D eigenvalue weighted by molar-refractivity contribution is 6.30. The molecule has 0 atom stereocenters. The molecule has 1 amide bonds. The fourth-order valence-electron chi connectivity index (χ4n) is 4.12. The van der Waals surface area contributed by atoms with Crippen molar-refractivity contribution in [1.29, 1.82) is 0 Å². The van der Waals surface area contributed by atoms with Crippen LogP contribution in [0.15, 0.2) is 59.1 Å². The molecule has 1 saturated carbocycles. The van der Waals surface area contributed by atoms with Gasteiger partial charge in [-0.2, -0.15) is 0 Å². The largest absolute Gasteiger partial charge is 0.368 e. The van der Waals surface area contributed by atoms with Crippen LogP contribution in [0.5, 0.6) is 0 Å². The molecule has 30 heavy (non-hydrogen) atoms. The van der Waals surface area contributed by atoms with E-state index in [9.17, 15) is 9.18 Å². The number of benzene rings is 2. The molecule has 0 radical (unpaired) electrons. The smallest absolute Gasteiger partial charge is 0.235 e. The Morgan fingerprint density at radius 1 is 1.03 bits per heavy atom. The van der Waals surface area contributed by atoms with Gasteiger partial charge in [-0.15, -0.1) is 0 Å². The number of carbonyl (C=O) groups is 1. The van der Waals surface area contributed by atoms with Gasteiger partial charge < -0.3 is 14.3 Å². The topological polar surface area (TPSA) is 49.6 Å². The molecule has 3 aromatic rings. The van der Waals surface area contributed by atoms with Crippen molar-refractivity contribution in [2.75, 3.05) is 31.1 Å². The molecule has 2 heterocycles. The second-order valence-corrected chi connectivity index (χ2v) is 8.33. The number of piperazine rings is 1. The molecule has 5 nitrogen and oxygen atoms in total. The minimum absolute atomic E-state index is 0.0895. The lowest BCUT2D eigenvalue weighted by Gasteiger charge is -2.37. The van der Waals surface area contributed by atoms with Crippen molar-refractivity contribution in [3.63, 3.8) is 0 Å². The molecule has 2 aliphatic rings. The molecule has 5 rings (SSSR count). The van der Waals surface area contributed by atoms with E-state index in [1.54, 1.807) is 24.3 Å². The summed E-state index contributed by atoms with van der Waals surface area (Å²) < 4.78 is 19.5. The Bertz CT molecular complexity index is 1070. The fourth-order valence-corrected chi connectivity index (χ4v) is 4.24. The molecule has 0 bridgehead atoms. The molecule has 1 aromatic heterocycles. The van der Waals surface area contributed by atoms with Gasteiger partial charge in [0.25, 0.3) is 0 Å². The number of rotatable bonds is 4. The van der Waals surface area contributed by atoms with Gasteiger partial charge in [0.15, 0.2) is 5.76 Å². The van der Waals surface area contributed by atoms with Crippen molar-refractivity contribution in [3.8, 4) is 11.3 Å². The maximum absolute atomic E-state index is 14.1. The highest BCUT2D eigenvalue weighted by atomic mass is 35.5. The molecular formula is C23H21ClFN3O2. The Morgan fingerprint density at radius 2 is 1.73 bits per heavy atom. The Kier molecular flexibility index (Phi) is 4.74. The molecule has 154 valence electrons. The lowest BCUT2D eigenvalue weighted by atomic mass is 9.99. The molecule has 0 N–H and O–H groups in total. The number of halogens is 2. The van der Waals surface area contributed by atoms with E-state index in [0.29, 0.717) is 35.1 Å². The molecule has 1 saturated heterocycles. The van der Waals surface area contributed by atoms with Crippen molar-refractivity contribution in [2.45, 2.75) is 18.3 Å². The summed E-state index contributed by atoms with van der Waals surface area (Å²) in [5.74, 6) is 0.0797. The first kappa shape index (κ1) is 19.1. The Balaban J connectivity index is 1.29. The molecule has 0 unspecified atom stereocenters. The monoisotopic (exact) mass is 425 g/mol. The number of aromatic nitrogens is 1. The van der Waals surface area contributed by atoms with E-state index in [4.69, 9.17) is 16.1 Å². The highest BCUT2D eigenvalue weighted by Crippen LogP contribution is 2.50. The lowest BCUT2D eigenvalue weighted by Crippen LogP contribution is -2.51. The molecule has 0 spiro atoms. The van der Waals surface area contributed by atoms with Crippen molar-refractivity contribution >= 4 is 23.2 Å². The molecule has 7 heteroatoms. The third kappa shape index (κ3) is 3.35. The van der Waals surface area contributed by atoms with Gasteiger partial charge in [-0.1, -0.05) is 28.9 Å². The SMILES string of the molecule is O=C(N1CCN(c2ccc(Cl)cc2)CC1)C1(c2cc(-c3ccccc3F)on2)CC1. The third-order valence-electron chi connectivity index (χ3n) is 6.06. The number of hydrogen-bond acceptors (Lipinski definition) is 4. The normalized spacial score (nSPS) is 17.8. The summed E-state index contributed by atoms with van der Waals surface area (Å²) in [5.41, 5.74) is 1.44. The van der Waals surface area contributed by atoms with Crippen LogP contribution in [-0.2, 0) is 10.2 Å². The van der Waals surface area contributed by atoms with E-state index in [1.807, 2.05) is 29.2 Å². The first-order chi connectivity index (χ1) is 14.6. The zero-order chi connectivity index (χ0) is 20.7. The summed E-state index contributed by atoms with van der Waals surface area (Å²) >= 11 is 5.97. The molecular weight excluding hydrogens is 405 g/mol. The minimum Gasteiger partial charge on any atom is -0.368 e. The van der Waals surface area contributed by atoms with Crippen molar-refractivity contribution in [1.82, 2.24) is 10.1 Å². The first-order valence-electron chi connectivity index (χ1n) is 10.1. The second kappa shape index (κ2) is 7.43. The molecule has 1 aliphatic carbocycles. The minimum atomic E-state index is -0.630. The Morgan fingerprint density at radius 3 is 2.40 bits per heavy atom. The summed E-state index contributed by atoms with van der Waals surface area (Å²) in [5, 5.41) is 4.86. The van der Waals surface area contributed by atoms with Crippen LogP contribution in [0.25, 0.3) is 11.3 Å². The average molecular weight is 426 g/mol. The van der Waals surface area contributed by atoms with Crippen LogP contribution in [0, 0.1) is 5.82 Å². The Labute approximate surface area is 179 Å². The van der Waals surface area contributed by atoms with Gasteiger partial charge in [-0.3, -0.25) is 4.79 Å². The van der Waals surface area contributed by atoms with E-state index in [2.05, 4.69) is 10.1 Å². The lowest BCUT2D eigenvalue weighted by molar-refractivity contribution is -0.134. The fraction of sp³-hybridized carbons (Fsp3) is 0.304. The summed E-state index contributed by atoms with van der Waals surface area (Å²) in [6.45, 7) is 2.84. The zero-order valence-electron chi connectivity index (χ0n) is 16.4. The van der Waals surface area contributed by atoms with Gasteiger partial charge in [0.2, 0.25) is 5.91 Å². The van der Waals surface area contributed by atoms with E-state index in [1.165, 1.54) is 6.07 Å². The van der Waals surface area contributed by atoms with Crippen molar-refractivity contribution < 1.29 is 13.7 Å². The first-order valence-corrected chi connectivity index (χ1v) is 10.5. The summed E-state index contributed by atoms with van der Waals surface area (Å²) in [6.07, 6.45) is 1.49. The molecule has 1 aliphatic heterocycles. The van der Waals surface area contributed by atoms with Gasteiger partial charge >= 0.3 is 0 Å². The standard InChI is InChI=1S/C23H21ClFN3O2/c24-16-5-7-17(8-6-16)27-11-13-28(14-12-27)22(29)23(9-10-23)21-15-20(30-26-21)18-3-1-2-4-19(18)25/h1-8,15H,9-14H2. The van der Waals surface area contributed by atoms with E-state index < -0.39 is 5.41 Å². The second-order valence-electron chi connectivity index (χ2n) is 7.89. The maximum Gasteiger partial charge on any atom is 0.235 e. The number of hydrogen-bond donors (Lipinski definition) is 0. The van der Waals surface area contributed by atoms with Gasteiger partial charge in [-0.25, -0.2) is 4.39 Å². The van der Waals surface area contributed by atoms with E-state index >= 15 is 0 Å². The van der Waals surface area contributed by atoms with Crippen LogP contribution < -0.4 is 4.90 Å². The van der Waals surface area contributed by atoms with Gasteiger partial charge in [0.05, 0.1) is 16.7 Å². The predicted octanol–water partition coefficient (Wildman–Crippen LogP) is 4.51. The quantitative estimate of drug-likeness (QED) is 0.617. The van der Waals surface area contributed by atoms with Gasteiger partial charge in [-0.05, 0) is 49.2 Å². The number of anilines is 1. The van der Waals surface area contributed by atoms with Crippen LogP contribution in [0.3, 0.4) is 0 Å². The van der Waals surface area contributed by atoms with Crippen molar-refractivity contribution in [3.05, 3.63) is 71.1 Å². The zero-order valence-corrected chi connectivity index (χ0v) is 17.1. The van der Waals surface area contributed by atoms with Crippen LogP contribution in [-0.4, -0.2) is 42.1 Å². The summed E-state index contributed by atoms with van der Waals surface area (Å²) in [7, 11) is 0. The number of carbonyl (C=O) groups excluding carboxylic acids is 1.